The first-order valence-electron chi connectivity index (χ1n) is 8.35. The van der Waals surface area contributed by atoms with E-state index in [1.807, 2.05) is 4.90 Å². The normalized spacial score (nSPS) is 17.8. The molecule has 1 aliphatic carbocycles. The van der Waals surface area contributed by atoms with Crippen LogP contribution in [0.15, 0.2) is 23.6 Å². The summed E-state index contributed by atoms with van der Waals surface area (Å²) in [6.07, 6.45) is 5.70. The molecule has 0 bridgehead atoms. The minimum Gasteiger partial charge on any atom is -0.338 e. The lowest BCUT2D eigenvalue weighted by atomic mass is 10.3. The molecule has 0 radical (unpaired) electrons. The fourth-order valence-corrected chi connectivity index (χ4v) is 3.60. The first-order chi connectivity index (χ1) is 12.2. The number of piperazine rings is 1. The Balaban J connectivity index is 1.28. The second kappa shape index (κ2) is 6.87. The number of anilines is 1. The van der Waals surface area contributed by atoms with E-state index >= 15 is 0 Å². The zero-order valence-electron chi connectivity index (χ0n) is 13.8. The van der Waals surface area contributed by atoms with Crippen molar-refractivity contribution in [2.75, 3.05) is 42.7 Å². The molecule has 25 heavy (non-hydrogen) atoms. The third-order valence-corrected chi connectivity index (χ3v) is 5.35. The molecule has 2 N–H and O–H groups in total. The second-order valence-electron chi connectivity index (χ2n) is 6.19. The van der Waals surface area contributed by atoms with Crippen LogP contribution in [0.3, 0.4) is 0 Å². The molecule has 2 fully saturated rings. The maximum Gasteiger partial charge on any atom is 0.233 e. The SMILES string of the molecule is Nn1c(SCC(=O)N2CCN(c3ncccn3)CC2)nnc1C1CC1. The van der Waals surface area contributed by atoms with Crippen molar-refractivity contribution in [3.63, 3.8) is 0 Å². The third kappa shape index (κ3) is 3.53. The molecular formula is C15H20N8OS. The molecule has 2 aromatic rings. The third-order valence-electron chi connectivity index (χ3n) is 4.43. The summed E-state index contributed by atoms with van der Waals surface area (Å²) in [6, 6.07) is 1.80. The number of carbonyl (C=O) groups excluding carboxylic acids is 1. The highest BCUT2D eigenvalue weighted by Gasteiger charge is 2.30. The van der Waals surface area contributed by atoms with Crippen LogP contribution in [-0.2, 0) is 4.79 Å². The number of rotatable bonds is 5. The number of nitrogens with zero attached hydrogens (tertiary/aromatic N) is 7. The number of hydrogen-bond donors (Lipinski definition) is 1. The number of hydrogen-bond acceptors (Lipinski definition) is 8. The van der Waals surface area contributed by atoms with E-state index < -0.39 is 0 Å². The van der Waals surface area contributed by atoms with Crippen molar-refractivity contribution < 1.29 is 4.79 Å². The molecule has 1 saturated heterocycles. The lowest BCUT2D eigenvalue weighted by Crippen LogP contribution is -2.49. The molecule has 3 heterocycles. The van der Waals surface area contributed by atoms with Crippen molar-refractivity contribution in [2.45, 2.75) is 23.9 Å². The van der Waals surface area contributed by atoms with Crippen LogP contribution < -0.4 is 10.7 Å². The van der Waals surface area contributed by atoms with Gasteiger partial charge in [-0.1, -0.05) is 11.8 Å². The summed E-state index contributed by atoms with van der Waals surface area (Å²) in [4.78, 5) is 24.9. The average Bonchev–Trinajstić information content (AvgIpc) is 3.44. The Morgan fingerprint density at radius 2 is 1.88 bits per heavy atom. The summed E-state index contributed by atoms with van der Waals surface area (Å²) in [5.41, 5.74) is 0. The number of thioether (sulfide) groups is 1. The van der Waals surface area contributed by atoms with E-state index in [1.54, 1.807) is 18.5 Å². The molecule has 0 atom stereocenters. The number of carbonyl (C=O) groups is 1. The van der Waals surface area contributed by atoms with E-state index in [2.05, 4.69) is 25.1 Å². The maximum absolute atomic E-state index is 12.4. The number of nitrogen functional groups attached to an aromatic ring is 1. The molecule has 1 saturated carbocycles. The zero-order chi connectivity index (χ0) is 17.2. The van der Waals surface area contributed by atoms with Crippen LogP contribution in [-0.4, -0.2) is 67.6 Å². The van der Waals surface area contributed by atoms with Crippen molar-refractivity contribution >= 4 is 23.6 Å². The summed E-state index contributed by atoms with van der Waals surface area (Å²) < 4.78 is 1.53. The molecule has 4 rings (SSSR count). The summed E-state index contributed by atoms with van der Waals surface area (Å²) >= 11 is 1.35. The van der Waals surface area contributed by atoms with Gasteiger partial charge in [0, 0.05) is 44.5 Å². The Labute approximate surface area is 149 Å². The zero-order valence-corrected chi connectivity index (χ0v) is 14.6. The van der Waals surface area contributed by atoms with Gasteiger partial charge in [-0.15, -0.1) is 10.2 Å². The van der Waals surface area contributed by atoms with E-state index in [0.717, 1.165) is 31.8 Å². The molecule has 2 aliphatic rings. The smallest absolute Gasteiger partial charge is 0.233 e. The second-order valence-corrected chi connectivity index (χ2v) is 7.13. The molecule has 9 nitrogen and oxygen atoms in total. The van der Waals surface area contributed by atoms with Crippen molar-refractivity contribution in [3.8, 4) is 0 Å². The van der Waals surface area contributed by atoms with Crippen molar-refractivity contribution in [1.82, 2.24) is 29.7 Å². The Hall–Kier alpha value is -2.36. The van der Waals surface area contributed by atoms with Crippen LogP contribution >= 0.6 is 11.8 Å². The fourth-order valence-electron chi connectivity index (χ4n) is 2.83. The Bertz CT molecular complexity index is 739. The van der Waals surface area contributed by atoms with Gasteiger partial charge in [0.15, 0.2) is 5.82 Å². The van der Waals surface area contributed by atoms with E-state index in [9.17, 15) is 4.79 Å². The molecule has 0 spiro atoms. The monoisotopic (exact) mass is 360 g/mol. The highest BCUT2D eigenvalue weighted by atomic mass is 32.2. The predicted octanol–water partition coefficient (Wildman–Crippen LogP) is 0.100. The predicted molar refractivity (Wildman–Crippen MR) is 93.7 cm³/mol. The lowest BCUT2D eigenvalue weighted by molar-refractivity contribution is -0.128. The standard InChI is InChI=1S/C15H20N8OS/c16-23-13(11-2-3-11)19-20-15(23)25-10-12(24)21-6-8-22(9-7-21)14-17-4-1-5-18-14/h1,4-5,11H,2-3,6-10,16H2. The maximum atomic E-state index is 12.4. The highest BCUT2D eigenvalue weighted by molar-refractivity contribution is 7.99. The number of aromatic nitrogens is 5. The number of amides is 1. The minimum absolute atomic E-state index is 0.0922. The quantitative estimate of drug-likeness (QED) is 0.591. The van der Waals surface area contributed by atoms with Crippen LogP contribution in [0.4, 0.5) is 5.95 Å². The lowest BCUT2D eigenvalue weighted by Gasteiger charge is -2.34. The van der Waals surface area contributed by atoms with Crippen LogP contribution in [0, 0.1) is 0 Å². The van der Waals surface area contributed by atoms with Crippen LogP contribution in [0.25, 0.3) is 0 Å². The van der Waals surface area contributed by atoms with Crippen molar-refractivity contribution in [3.05, 3.63) is 24.3 Å². The van der Waals surface area contributed by atoms with Crippen LogP contribution in [0.5, 0.6) is 0 Å². The average molecular weight is 360 g/mol. The topological polar surface area (TPSA) is 106 Å². The van der Waals surface area contributed by atoms with Gasteiger partial charge in [0.25, 0.3) is 0 Å². The van der Waals surface area contributed by atoms with Gasteiger partial charge in [0.2, 0.25) is 17.0 Å². The molecule has 0 unspecified atom stereocenters. The van der Waals surface area contributed by atoms with Gasteiger partial charge in [0.05, 0.1) is 5.75 Å². The van der Waals surface area contributed by atoms with Gasteiger partial charge in [-0.2, -0.15) is 0 Å². The Morgan fingerprint density at radius 1 is 1.16 bits per heavy atom. The fraction of sp³-hybridized carbons (Fsp3) is 0.533. The first-order valence-corrected chi connectivity index (χ1v) is 9.34. The largest absolute Gasteiger partial charge is 0.338 e. The minimum atomic E-state index is 0.0922. The van der Waals surface area contributed by atoms with Gasteiger partial charge in [0.1, 0.15) is 0 Å². The van der Waals surface area contributed by atoms with Crippen molar-refractivity contribution in [1.29, 1.82) is 0 Å². The molecule has 10 heteroatoms. The summed E-state index contributed by atoms with van der Waals surface area (Å²) in [6.45, 7) is 2.80. The van der Waals surface area contributed by atoms with Gasteiger partial charge in [-0.05, 0) is 18.9 Å². The summed E-state index contributed by atoms with van der Waals surface area (Å²) in [5, 5.41) is 8.84. The molecule has 0 aromatic carbocycles. The molecule has 2 aromatic heterocycles. The van der Waals surface area contributed by atoms with Gasteiger partial charge in [-0.25, -0.2) is 14.6 Å². The van der Waals surface area contributed by atoms with Gasteiger partial charge in [-0.3, -0.25) is 4.79 Å². The van der Waals surface area contributed by atoms with E-state index in [4.69, 9.17) is 5.84 Å². The van der Waals surface area contributed by atoms with E-state index in [1.165, 1.54) is 16.4 Å². The number of nitrogens with two attached hydrogens (primary N) is 1. The molecule has 1 aliphatic heterocycles. The van der Waals surface area contributed by atoms with E-state index in [-0.39, 0.29) is 5.91 Å². The van der Waals surface area contributed by atoms with Crippen LogP contribution in [0.1, 0.15) is 24.6 Å². The Morgan fingerprint density at radius 3 is 2.56 bits per heavy atom. The first kappa shape index (κ1) is 16.1. The summed E-state index contributed by atoms with van der Waals surface area (Å²) in [7, 11) is 0. The molecular weight excluding hydrogens is 340 g/mol. The molecule has 1 amide bonds. The van der Waals surface area contributed by atoms with Gasteiger partial charge >= 0.3 is 0 Å². The van der Waals surface area contributed by atoms with Crippen molar-refractivity contribution in [2.24, 2.45) is 0 Å². The summed E-state index contributed by atoms with van der Waals surface area (Å²) in [5.74, 6) is 8.41. The molecule has 132 valence electrons. The van der Waals surface area contributed by atoms with E-state index in [0.29, 0.717) is 35.9 Å². The van der Waals surface area contributed by atoms with Crippen LogP contribution in [0.2, 0.25) is 0 Å². The highest BCUT2D eigenvalue weighted by Crippen LogP contribution is 2.39. The van der Waals surface area contributed by atoms with Gasteiger partial charge < -0.3 is 15.6 Å². The Kier molecular flexibility index (Phi) is 4.43.